The minimum Gasteiger partial charge on any atom is -0.198 e. The first-order valence-electron chi connectivity index (χ1n) is 2.53. The van der Waals surface area contributed by atoms with Crippen LogP contribution >= 0.6 is 22.0 Å². The van der Waals surface area contributed by atoms with Crippen LogP contribution in [0.5, 0.6) is 0 Å². The highest BCUT2D eigenvalue weighted by Gasteiger charge is 2.25. The minimum absolute atomic E-state index is 0.746. The van der Waals surface area contributed by atoms with Gasteiger partial charge in [-0.05, 0) is 11.5 Å². The van der Waals surface area contributed by atoms with Crippen LogP contribution in [0.1, 0.15) is 0 Å². The molecule has 0 aromatic carbocycles. The van der Waals surface area contributed by atoms with Gasteiger partial charge in [0.25, 0.3) is 0 Å². The van der Waals surface area contributed by atoms with Crippen molar-refractivity contribution in [3.05, 3.63) is 33.7 Å². The molecule has 0 N–H and O–H groups in total. The minimum atomic E-state index is -2.93. The molecule has 1 aliphatic heterocycles. The molecule has 1 heterocycles. The van der Waals surface area contributed by atoms with E-state index in [2.05, 4.69) is 0 Å². The lowest BCUT2D eigenvalue weighted by Gasteiger charge is -2.15. The van der Waals surface area contributed by atoms with E-state index in [0.29, 0.717) is 0 Å². The predicted octanol–water partition coefficient (Wildman–Crippen LogP) is 3.72. The molecule has 0 amide bonds. The molecule has 0 aromatic heterocycles. The molecule has 4 heteroatoms. The molecule has 0 fully saturated rings. The van der Waals surface area contributed by atoms with E-state index in [-0.39, 0.29) is 0 Å². The van der Waals surface area contributed by atoms with Crippen LogP contribution in [0.15, 0.2) is 33.7 Å². The zero-order chi connectivity index (χ0) is 7.61. The zero-order valence-corrected chi connectivity index (χ0v) is 6.50. The van der Waals surface area contributed by atoms with Gasteiger partial charge >= 0.3 is 0 Å². The second-order valence-corrected chi connectivity index (χ2v) is 4.13. The van der Waals surface area contributed by atoms with Gasteiger partial charge in [0.1, 0.15) is 0 Å². The van der Waals surface area contributed by atoms with E-state index in [1.807, 2.05) is 0 Å². The Morgan fingerprint density at radius 2 is 2.30 bits per heavy atom. The molecule has 10 heavy (non-hydrogen) atoms. The van der Waals surface area contributed by atoms with Crippen molar-refractivity contribution in [3.8, 4) is 0 Å². The summed E-state index contributed by atoms with van der Waals surface area (Å²) in [7, 11) is -2.93. The fraction of sp³-hybridized carbons (Fsp3) is 0. The average Bonchev–Trinajstić information content (AvgIpc) is 2.15. The summed E-state index contributed by atoms with van der Waals surface area (Å²) in [5.74, 6) is 0. The molecule has 0 radical (unpaired) electrons. The Morgan fingerprint density at radius 1 is 1.60 bits per heavy atom. The summed E-state index contributed by atoms with van der Waals surface area (Å²) in [6, 6.07) is 0. The Bertz CT molecular complexity index is 222. The van der Waals surface area contributed by atoms with Crippen LogP contribution < -0.4 is 0 Å². The summed E-state index contributed by atoms with van der Waals surface area (Å²) in [4.78, 5) is 0. The first-order valence-corrected chi connectivity index (χ1v) is 4.62. The van der Waals surface area contributed by atoms with Crippen molar-refractivity contribution in [1.29, 1.82) is 0 Å². The third kappa shape index (κ3) is 1.25. The van der Waals surface area contributed by atoms with Crippen molar-refractivity contribution in [1.82, 2.24) is 0 Å². The number of rotatable bonds is 1. The molecular weight excluding hydrogens is 178 g/mol. The van der Waals surface area contributed by atoms with E-state index in [0.717, 1.165) is 17.0 Å². The monoisotopic (exact) mass is 182 g/mol. The van der Waals surface area contributed by atoms with Crippen LogP contribution in [0.2, 0.25) is 0 Å². The molecule has 56 valence electrons. The Balaban J connectivity index is 2.89. The van der Waals surface area contributed by atoms with Crippen molar-refractivity contribution in [3.63, 3.8) is 0 Å². The quantitative estimate of drug-likeness (QED) is 0.580. The van der Waals surface area contributed by atoms with Crippen molar-refractivity contribution < 1.29 is 8.28 Å². The van der Waals surface area contributed by atoms with E-state index < -0.39 is 15.6 Å². The first kappa shape index (κ1) is 7.82. The van der Waals surface area contributed by atoms with Gasteiger partial charge in [-0.15, -0.1) is 0 Å². The van der Waals surface area contributed by atoms with Gasteiger partial charge in [0.2, 0.25) is 0 Å². The second-order valence-electron chi connectivity index (χ2n) is 1.69. The van der Waals surface area contributed by atoms with Crippen molar-refractivity contribution in [2.45, 2.75) is 0 Å². The average molecular weight is 183 g/mol. The Labute approximate surface area is 64.5 Å². The first-order chi connectivity index (χ1) is 4.69. The summed E-state index contributed by atoms with van der Waals surface area (Å²) < 4.78 is 25.6. The second kappa shape index (κ2) is 2.76. The maximum absolute atomic E-state index is 13.1. The number of halogens is 3. The van der Waals surface area contributed by atoms with E-state index in [4.69, 9.17) is 11.6 Å². The topological polar surface area (TPSA) is 0 Å². The summed E-state index contributed by atoms with van der Waals surface area (Å²) in [6.45, 7) is 0. The molecule has 0 saturated heterocycles. The van der Waals surface area contributed by atoms with Gasteiger partial charge in [0, 0.05) is 21.4 Å². The van der Waals surface area contributed by atoms with Crippen molar-refractivity contribution in [2.24, 2.45) is 0 Å². The van der Waals surface area contributed by atoms with Crippen LogP contribution in [-0.2, 0) is 0 Å². The van der Waals surface area contributed by atoms with Crippen LogP contribution in [-0.4, -0.2) is 0 Å². The molecular formula is C6H5ClF2S. The van der Waals surface area contributed by atoms with Gasteiger partial charge in [0.05, 0.1) is 0 Å². The SMILES string of the molecule is FC1=CC=CS1(F)/C=C/Cl. The van der Waals surface area contributed by atoms with Crippen LogP contribution in [0.25, 0.3) is 0 Å². The summed E-state index contributed by atoms with van der Waals surface area (Å²) in [5.41, 5.74) is 0.998. The normalized spacial score (nSPS) is 38.1. The van der Waals surface area contributed by atoms with E-state index in [1.54, 1.807) is 0 Å². The van der Waals surface area contributed by atoms with Gasteiger partial charge in [-0.3, -0.25) is 0 Å². The van der Waals surface area contributed by atoms with Gasteiger partial charge in [-0.1, -0.05) is 17.7 Å². The number of hydrogen-bond donors (Lipinski definition) is 0. The molecule has 1 unspecified atom stereocenters. The summed E-state index contributed by atoms with van der Waals surface area (Å²) in [6.07, 6.45) is 2.45. The lowest BCUT2D eigenvalue weighted by molar-refractivity contribution is 0.686. The fourth-order valence-electron chi connectivity index (χ4n) is 0.584. The largest absolute Gasteiger partial charge is 0.198 e. The lowest BCUT2D eigenvalue weighted by Crippen LogP contribution is -1.77. The van der Waals surface area contributed by atoms with Gasteiger partial charge in [0.15, 0.2) is 5.16 Å². The molecule has 0 spiro atoms. The molecule has 0 bridgehead atoms. The fourth-order valence-corrected chi connectivity index (χ4v) is 2.13. The van der Waals surface area contributed by atoms with Gasteiger partial charge in [-0.25, -0.2) is 0 Å². The Hall–Kier alpha value is -0.280. The maximum Gasteiger partial charge on any atom is 0.173 e. The van der Waals surface area contributed by atoms with E-state index in [1.165, 1.54) is 11.5 Å². The molecule has 0 aliphatic carbocycles. The van der Waals surface area contributed by atoms with Crippen LogP contribution in [0.4, 0.5) is 8.28 Å². The van der Waals surface area contributed by atoms with Crippen molar-refractivity contribution >= 4 is 22.0 Å². The van der Waals surface area contributed by atoms with Crippen molar-refractivity contribution in [2.75, 3.05) is 0 Å². The molecule has 0 aromatic rings. The highest BCUT2D eigenvalue weighted by atomic mass is 35.5. The predicted molar refractivity (Wildman–Crippen MR) is 42.0 cm³/mol. The molecule has 1 rings (SSSR count). The zero-order valence-electron chi connectivity index (χ0n) is 4.93. The summed E-state index contributed by atoms with van der Waals surface area (Å²) >= 11 is 5.11. The molecule has 0 nitrogen and oxygen atoms in total. The number of allylic oxidation sites excluding steroid dienone is 2. The Kier molecular flexibility index (Phi) is 2.16. The highest BCUT2D eigenvalue weighted by molar-refractivity contribution is 8.37. The third-order valence-electron chi connectivity index (χ3n) is 1.05. The van der Waals surface area contributed by atoms with Gasteiger partial charge in [-0.2, -0.15) is 8.28 Å². The number of hydrogen-bond acceptors (Lipinski definition) is 0. The maximum atomic E-state index is 13.1. The van der Waals surface area contributed by atoms with E-state index >= 15 is 0 Å². The van der Waals surface area contributed by atoms with Crippen LogP contribution in [0, 0.1) is 0 Å². The van der Waals surface area contributed by atoms with E-state index in [9.17, 15) is 8.28 Å². The third-order valence-corrected chi connectivity index (χ3v) is 3.15. The smallest absolute Gasteiger partial charge is 0.173 e. The van der Waals surface area contributed by atoms with Crippen LogP contribution in [0.3, 0.4) is 0 Å². The lowest BCUT2D eigenvalue weighted by atomic mass is 10.6. The Morgan fingerprint density at radius 3 is 2.70 bits per heavy atom. The molecule has 1 atom stereocenters. The van der Waals surface area contributed by atoms with Gasteiger partial charge < -0.3 is 0 Å². The highest BCUT2D eigenvalue weighted by Crippen LogP contribution is 2.63. The molecule has 1 aliphatic rings. The standard InChI is InChI=1S/C6H5ClF2S/c7-3-5-10(9)4-1-2-6(10)8/h1-5H/b5-3+. The molecule has 0 saturated carbocycles. The summed E-state index contributed by atoms with van der Waals surface area (Å²) in [5, 5.41) is 1.47.